The van der Waals surface area contributed by atoms with Crippen LogP contribution in [0, 0.1) is 0 Å². The second-order valence-electron chi connectivity index (χ2n) is 6.44. The van der Waals surface area contributed by atoms with Crippen LogP contribution in [-0.2, 0) is 15.9 Å². The van der Waals surface area contributed by atoms with Crippen molar-refractivity contribution < 1.29 is 14.0 Å². The summed E-state index contributed by atoms with van der Waals surface area (Å²) in [6.07, 6.45) is 4.16. The Kier molecular flexibility index (Phi) is 11.8. The molecule has 8 nitrogen and oxygen atoms in total. The lowest BCUT2D eigenvalue weighted by atomic mass is 10.2. The predicted octanol–water partition coefficient (Wildman–Crippen LogP) is 2.10. The van der Waals surface area contributed by atoms with Crippen LogP contribution in [0.2, 0.25) is 0 Å². The molecule has 1 unspecified atom stereocenters. The molecule has 26 heavy (non-hydrogen) atoms. The number of aromatic nitrogens is 2. The van der Waals surface area contributed by atoms with Gasteiger partial charge < -0.3 is 24.6 Å². The minimum absolute atomic E-state index is 0. The topological polar surface area (TPSA) is 93.8 Å². The van der Waals surface area contributed by atoms with Crippen LogP contribution < -0.4 is 10.6 Å². The fourth-order valence-corrected chi connectivity index (χ4v) is 2.48. The van der Waals surface area contributed by atoms with E-state index in [0.29, 0.717) is 31.6 Å². The summed E-state index contributed by atoms with van der Waals surface area (Å²) in [6.45, 7) is 7.89. The van der Waals surface area contributed by atoms with Crippen LogP contribution in [0.3, 0.4) is 0 Å². The standard InChI is InChI=1S/C17H31N5O3.HI/c1-13(2)16-21-15(25-22-16)7-9-20-17(18-3)19-8-5-10-23-12-14-6-4-11-24-14;/h13-14H,4-12H2,1-3H3,(H2,18,19,20);1H. The third-order valence-corrected chi connectivity index (χ3v) is 3.94. The van der Waals surface area contributed by atoms with Gasteiger partial charge in [0.1, 0.15) is 0 Å². The van der Waals surface area contributed by atoms with Gasteiger partial charge in [-0.3, -0.25) is 4.99 Å². The molecule has 0 saturated carbocycles. The molecule has 0 aliphatic carbocycles. The highest BCUT2D eigenvalue weighted by Gasteiger charge is 2.15. The molecule has 0 spiro atoms. The van der Waals surface area contributed by atoms with Gasteiger partial charge in [-0.15, -0.1) is 24.0 Å². The van der Waals surface area contributed by atoms with E-state index in [1.807, 2.05) is 13.8 Å². The van der Waals surface area contributed by atoms with E-state index in [2.05, 4.69) is 25.8 Å². The summed E-state index contributed by atoms with van der Waals surface area (Å²) in [5, 5.41) is 10.5. The average Bonchev–Trinajstić information content (AvgIpc) is 3.28. The van der Waals surface area contributed by atoms with Gasteiger partial charge in [-0.25, -0.2) is 0 Å². The Balaban J connectivity index is 0.00000338. The molecule has 1 aliphatic rings. The lowest BCUT2D eigenvalue weighted by molar-refractivity contribution is 0.0168. The van der Waals surface area contributed by atoms with Crippen LogP contribution in [0.5, 0.6) is 0 Å². The highest BCUT2D eigenvalue weighted by Crippen LogP contribution is 2.12. The highest BCUT2D eigenvalue weighted by molar-refractivity contribution is 14.0. The smallest absolute Gasteiger partial charge is 0.228 e. The second-order valence-corrected chi connectivity index (χ2v) is 6.44. The lowest BCUT2D eigenvalue weighted by Gasteiger charge is -2.12. The molecule has 1 aliphatic heterocycles. The first kappa shape index (κ1) is 23.1. The number of aliphatic imine (C=N–C) groups is 1. The minimum atomic E-state index is 0. The number of ether oxygens (including phenoxy) is 2. The Morgan fingerprint density at radius 1 is 1.35 bits per heavy atom. The van der Waals surface area contributed by atoms with Crippen molar-refractivity contribution in [3.8, 4) is 0 Å². The summed E-state index contributed by atoms with van der Waals surface area (Å²) in [5.74, 6) is 2.44. The Labute approximate surface area is 172 Å². The van der Waals surface area contributed by atoms with Gasteiger partial charge >= 0.3 is 0 Å². The van der Waals surface area contributed by atoms with Crippen LogP contribution in [0.25, 0.3) is 0 Å². The summed E-state index contributed by atoms with van der Waals surface area (Å²) in [4.78, 5) is 8.56. The number of rotatable bonds is 10. The maximum absolute atomic E-state index is 5.64. The monoisotopic (exact) mass is 481 g/mol. The summed E-state index contributed by atoms with van der Waals surface area (Å²) < 4.78 is 16.4. The average molecular weight is 481 g/mol. The zero-order valence-corrected chi connectivity index (χ0v) is 18.3. The van der Waals surface area contributed by atoms with E-state index < -0.39 is 0 Å². The van der Waals surface area contributed by atoms with Gasteiger partial charge in [-0.1, -0.05) is 19.0 Å². The van der Waals surface area contributed by atoms with Crippen molar-refractivity contribution >= 4 is 29.9 Å². The summed E-state index contributed by atoms with van der Waals surface area (Å²) in [5.41, 5.74) is 0. The molecule has 150 valence electrons. The van der Waals surface area contributed by atoms with Crippen LogP contribution >= 0.6 is 24.0 Å². The quantitative estimate of drug-likeness (QED) is 0.229. The van der Waals surface area contributed by atoms with Crippen molar-refractivity contribution in [2.24, 2.45) is 4.99 Å². The zero-order valence-electron chi connectivity index (χ0n) is 16.0. The van der Waals surface area contributed by atoms with Crippen LogP contribution in [0.15, 0.2) is 9.52 Å². The Bertz CT molecular complexity index is 518. The zero-order chi connectivity index (χ0) is 17.9. The molecule has 2 heterocycles. The third kappa shape index (κ3) is 8.63. The van der Waals surface area contributed by atoms with Crippen LogP contribution in [-0.4, -0.2) is 62.2 Å². The van der Waals surface area contributed by atoms with Gasteiger partial charge in [0.25, 0.3) is 0 Å². The molecule has 1 aromatic heterocycles. The highest BCUT2D eigenvalue weighted by atomic mass is 127. The Hall–Kier alpha value is -0.940. The molecule has 1 atom stereocenters. The molecule has 1 aromatic rings. The number of hydrogen-bond donors (Lipinski definition) is 2. The number of guanidine groups is 1. The predicted molar refractivity (Wildman–Crippen MR) is 111 cm³/mol. The van der Waals surface area contributed by atoms with Gasteiger partial charge in [0.15, 0.2) is 11.8 Å². The van der Waals surface area contributed by atoms with Crippen LogP contribution in [0.1, 0.15) is 50.7 Å². The van der Waals surface area contributed by atoms with E-state index >= 15 is 0 Å². The van der Waals surface area contributed by atoms with E-state index in [1.54, 1.807) is 7.05 Å². The fraction of sp³-hybridized carbons (Fsp3) is 0.824. The van der Waals surface area contributed by atoms with E-state index in [0.717, 1.165) is 50.8 Å². The number of hydrogen-bond acceptors (Lipinski definition) is 6. The first-order valence-corrected chi connectivity index (χ1v) is 9.15. The molecule has 1 saturated heterocycles. The fourth-order valence-electron chi connectivity index (χ4n) is 2.48. The maximum Gasteiger partial charge on any atom is 0.228 e. The van der Waals surface area contributed by atoms with Crippen molar-refractivity contribution in [3.63, 3.8) is 0 Å². The van der Waals surface area contributed by atoms with Gasteiger partial charge in [0.05, 0.1) is 12.7 Å². The second kappa shape index (κ2) is 13.3. The van der Waals surface area contributed by atoms with E-state index in [1.165, 1.54) is 0 Å². The first-order chi connectivity index (χ1) is 12.2. The molecule has 0 aromatic carbocycles. The van der Waals surface area contributed by atoms with Gasteiger partial charge in [0.2, 0.25) is 5.89 Å². The Morgan fingerprint density at radius 3 is 2.81 bits per heavy atom. The third-order valence-electron chi connectivity index (χ3n) is 3.94. The van der Waals surface area contributed by atoms with Crippen molar-refractivity contribution in [1.82, 2.24) is 20.8 Å². The molecular formula is C17H32IN5O3. The van der Waals surface area contributed by atoms with Gasteiger partial charge in [-0.05, 0) is 19.3 Å². The number of halogens is 1. The van der Waals surface area contributed by atoms with E-state index in [-0.39, 0.29) is 29.9 Å². The number of nitrogens with zero attached hydrogens (tertiary/aromatic N) is 3. The Morgan fingerprint density at radius 2 is 2.15 bits per heavy atom. The van der Waals surface area contributed by atoms with Gasteiger partial charge in [-0.2, -0.15) is 4.98 Å². The van der Waals surface area contributed by atoms with Crippen molar-refractivity contribution in [1.29, 1.82) is 0 Å². The van der Waals surface area contributed by atoms with Crippen LogP contribution in [0.4, 0.5) is 0 Å². The first-order valence-electron chi connectivity index (χ1n) is 9.15. The molecule has 0 amide bonds. The molecule has 9 heteroatoms. The minimum Gasteiger partial charge on any atom is -0.379 e. The van der Waals surface area contributed by atoms with Crippen molar-refractivity contribution in [2.75, 3.05) is 40.0 Å². The van der Waals surface area contributed by atoms with Gasteiger partial charge in [0, 0.05) is 45.7 Å². The summed E-state index contributed by atoms with van der Waals surface area (Å²) >= 11 is 0. The summed E-state index contributed by atoms with van der Waals surface area (Å²) in [7, 11) is 1.76. The summed E-state index contributed by atoms with van der Waals surface area (Å²) in [6, 6.07) is 0. The lowest BCUT2D eigenvalue weighted by Crippen LogP contribution is -2.39. The maximum atomic E-state index is 5.64. The van der Waals surface area contributed by atoms with Crippen molar-refractivity contribution in [2.45, 2.75) is 51.6 Å². The molecule has 2 N–H and O–H groups in total. The SMILES string of the molecule is CN=C(NCCCOCC1CCCO1)NCCc1nc(C(C)C)no1.I. The molecule has 0 bridgehead atoms. The largest absolute Gasteiger partial charge is 0.379 e. The molecule has 0 radical (unpaired) electrons. The van der Waals surface area contributed by atoms with E-state index in [9.17, 15) is 0 Å². The molecule has 2 rings (SSSR count). The molecular weight excluding hydrogens is 449 g/mol. The van der Waals surface area contributed by atoms with E-state index in [4.69, 9.17) is 14.0 Å². The molecule has 1 fully saturated rings. The normalized spacial score (nSPS) is 17.4. The van der Waals surface area contributed by atoms with Crippen molar-refractivity contribution in [3.05, 3.63) is 11.7 Å². The number of nitrogens with one attached hydrogen (secondary N) is 2.